The van der Waals surface area contributed by atoms with Gasteiger partial charge in [0.2, 0.25) is 10.0 Å². The van der Waals surface area contributed by atoms with Crippen LogP contribution < -0.4 is 4.72 Å². The van der Waals surface area contributed by atoms with Crippen LogP contribution >= 0.6 is 27.5 Å². The van der Waals surface area contributed by atoms with Crippen LogP contribution in [0.4, 0.5) is 0 Å². The third-order valence-electron chi connectivity index (χ3n) is 2.77. The maximum atomic E-state index is 12.2. The number of aromatic nitrogens is 1. The number of aryl methyl sites for hydroxylation is 1. The van der Waals surface area contributed by atoms with Crippen LogP contribution in [0.3, 0.4) is 0 Å². The zero-order chi connectivity index (χ0) is 14.8. The van der Waals surface area contributed by atoms with E-state index in [1.807, 2.05) is 6.92 Å². The Bertz CT molecular complexity index is 735. The number of hydrogen-bond donors (Lipinski definition) is 1. The number of benzene rings is 1. The molecule has 1 N–H and O–H groups in total. The Morgan fingerprint density at radius 3 is 2.75 bits per heavy atom. The first-order valence-corrected chi connectivity index (χ1v) is 8.40. The Morgan fingerprint density at radius 2 is 2.10 bits per heavy atom. The summed E-state index contributed by atoms with van der Waals surface area (Å²) in [6, 6.07) is 6.43. The summed E-state index contributed by atoms with van der Waals surface area (Å²) in [6.45, 7) is 2.08. The first-order chi connectivity index (χ1) is 9.40. The lowest BCUT2D eigenvalue weighted by Gasteiger charge is -2.10. The second-order valence-corrected chi connectivity index (χ2v) is 7.26. The largest absolute Gasteiger partial charge is 0.264 e. The van der Waals surface area contributed by atoms with Gasteiger partial charge in [-0.05, 0) is 42.3 Å². The summed E-state index contributed by atoms with van der Waals surface area (Å²) < 4.78 is 27.7. The minimum atomic E-state index is -3.65. The van der Waals surface area contributed by atoms with Gasteiger partial charge in [-0.1, -0.05) is 27.5 Å². The van der Waals surface area contributed by atoms with Gasteiger partial charge in [0, 0.05) is 23.4 Å². The Balaban J connectivity index is 2.22. The molecule has 1 aromatic heterocycles. The van der Waals surface area contributed by atoms with Crippen molar-refractivity contribution < 1.29 is 8.42 Å². The van der Waals surface area contributed by atoms with Crippen LogP contribution in [-0.2, 0) is 16.6 Å². The smallest absolute Gasteiger partial charge is 0.242 e. The summed E-state index contributed by atoms with van der Waals surface area (Å²) in [6.07, 6.45) is 3.32. The zero-order valence-corrected chi connectivity index (χ0v) is 13.8. The van der Waals surface area contributed by atoms with E-state index in [2.05, 4.69) is 25.6 Å². The van der Waals surface area contributed by atoms with Gasteiger partial charge >= 0.3 is 0 Å². The molecule has 0 aliphatic rings. The molecule has 1 aromatic carbocycles. The van der Waals surface area contributed by atoms with Crippen molar-refractivity contribution in [1.29, 1.82) is 0 Å². The number of nitrogens with zero attached hydrogens (tertiary/aromatic N) is 1. The second-order valence-electron chi connectivity index (χ2n) is 4.20. The molecule has 1 heterocycles. The van der Waals surface area contributed by atoms with Gasteiger partial charge in [-0.25, -0.2) is 13.1 Å². The number of nitrogens with one attached hydrogen (secondary N) is 1. The molecule has 2 aromatic rings. The highest BCUT2D eigenvalue weighted by Gasteiger charge is 2.17. The number of rotatable bonds is 4. The molecule has 7 heteroatoms. The highest BCUT2D eigenvalue weighted by molar-refractivity contribution is 9.10. The highest BCUT2D eigenvalue weighted by atomic mass is 79.9. The van der Waals surface area contributed by atoms with Crippen molar-refractivity contribution >= 4 is 37.6 Å². The molecule has 0 amide bonds. The Labute approximate surface area is 131 Å². The van der Waals surface area contributed by atoms with Crippen molar-refractivity contribution in [3.05, 3.63) is 57.3 Å². The summed E-state index contributed by atoms with van der Waals surface area (Å²) in [5, 5.41) is 0.179. The molecule has 0 aliphatic carbocycles. The number of hydrogen-bond acceptors (Lipinski definition) is 3. The second kappa shape index (κ2) is 6.22. The van der Waals surface area contributed by atoms with E-state index in [-0.39, 0.29) is 16.5 Å². The topological polar surface area (TPSA) is 59.1 Å². The van der Waals surface area contributed by atoms with Gasteiger partial charge in [-0.15, -0.1) is 0 Å². The molecule has 0 saturated heterocycles. The van der Waals surface area contributed by atoms with E-state index in [0.717, 1.165) is 15.6 Å². The van der Waals surface area contributed by atoms with Crippen LogP contribution in [0.15, 0.2) is 46.0 Å². The summed E-state index contributed by atoms with van der Waals surface area (Å²) >= 11 is 9.21. The minimum absolute atomic E-state index is 0.0640. The van der Waals surface area contributed by atoms with Gasteiger partial charge in [0.25, 0.3) is 0 Å². The predicted octanol–water partition coefficient (Wildman–Crippen LogP) is 3.28. The van der Waals surface area contributed by atoms with E-state index >= 15 is 0 Å². The van der Waals surface area contributed by atoms with Crippen LogP contribution in [0.2, 0.25) is 5.02 Å². The molecular weight excluding hydrogens is 364 g/mol. The molecule has 20 heavy (non-hydrogen) atoms. The quantitative estimate of drug-likeness (QED) is 0.892. The third-order valence-corrected chi connectivity index (χ3v) is 5.15. The average molecular weight is 376 g/mol. The predicted molar refractivity (Wildman–Crippen MR) is 82.2 cm³/mol. The first-order valence-electron chi connectivity index (χ1n) is 5.74. The number of pyridine rings is 1. The standard InChI is InChI=1S/C13H12BrClN2O2S/c1-9-7-16-5-4-10(9)8-17-20(18,19)13-3-2-11(14)6-12(13)15/h2-7,17H,8H2,1H3. The number of sulfonamides is 1. The summed E-state index contributed by atoms with van der Waals surface area (Å²) in [7, 11) is -3.65. The zero-order valence-electron chi connectivity index (χ0n) is 10.6. The normalized spacial score (nSPS) is 11.6. The molecule has 0 bridgehead atoms. The average Bonchev–Trinajstić information content (AvgIpc) is 2.37. The van der Waals surface area contributed by atoms with E-state index < -0.39 is 10.0 Å². The molecule has 0 fully saturated rings. The van der Waals surface area contributed by atoms with Crippen molar-refractivity contribution in [3.8, 4) is 0 Å². The molecular formula is C13H12BrClN2O2S. The first kappa shape index (κ1) is 15.4. The van der Waals surface area contributed by atoms with Crippen molar-refractivity contribution in [2.75, 3.05) is 0 Å². The fourth-order valence-corrected chi connectivity index (χ4v) is 3.69. The SMILES string of the molecule is Cc1cnccc1CNS(=O)(=O)c1ccc(Br)cc1Cl. The van der Waals surface area contributed by atoms with Crippen LogP contribution in [0.5, 0.6) is 0 Å². The molecule has 0 spiro atoms. The lowest BCUT2D eigenvalue weighted by molar-refractivity contribution is 0.581. The third kappa shape index (κ3) is 3.58. The Kier molecular flexibility index (Phi) is 4.80. The lowest BCUT2D eigenvalue weighted by Crippen LogP contribution is -2.24. The molecule has 0 radical (unpaired) electrons. The molecule has 2 rings (SSSR count). The van der Waals surface area contributed by atoms with E-state index in [1.165, 1.54) is 6.07 Å². The van der Waals surface area contributed by atoms with E-state index in [0.29, 0.717) is 0 Å². The maximum Gasteiger partial charge on any atom is 0.242 e. The van der Waals surface area contributed by atoms with Gasteiger partial charge in [-0.3, -0.25) is 4.98 Å². The molecule has 106 valence electrons. The van der Waals surface area contributed by atoms with Crippen LogP contribution in [0.1, 0.15) is 11.1 Å². The monoisotopic (exact) mass is 374 g/mol. The van der Waals surface area contributed by atoms with E-state index in [9.17, 15) is 8.42 Å². The van der Waals surface area contributed by atoms with Crippen molar-refractivity contribution in [1.82, 2.24) is 9.71 Å². The fourth-order valence-electron chi connectivity index (χ4n) is 1.64. The highest BCUT2D eigenvalue weighted by Crippen LogP contribution is 2.25. The van der Waals surface area contributed by atoms with Crippen molar-refractivity contribution in [3.63, 3.8) is 0 Å². The lowest BCUT2D eigenvalue weighted by atomic mass is 10.2. The summed E-state index contributed by atoms with van der Waals surface area (Å²) in [4.78, 5) is 4.03. The summed E-state index contributed by atoms with van der Waals surface area (Å²) in [5.74, 6) is 0. The van der Waals surface area contributed by atoms with Crippen molar-refractivity contribution in [2.24, 2.45) is 0 Å². The van der Waals surface area contributed by atoms with E-state index in [4.69, 9.17) is 11.6 Å². The Morgan fingerprint density at radius 1 is 1.35 bits per heavy atom. The van der Waals surface area contributed by atoms with Gasteiger partial charge in [0.05, 0.1) is 5.02 Å². The van der Waals surface area contributed by atoms with Gasteiger partial charge in [-0.2, -0.15) is 0 Å². The molecule has 4 nitrogen and oxygen atoms in total. The maximum absolute atomic E-state index is 12.2. The molecule has 0 saturated carbocycles. The van der Waals surface area contributed by atoms with Gasteiger partial charge < -0.3 is 0 Å². The number of halogens is 2. The Hall–Kier alpha value is -0.950. The van der Waals surface area contributed by atoms with Crippen LogP contribution in [0.25, 0.3) is 0 Å². The molecule has 0 unspecified atom stereocenters. The molecule has 0 aliphatic heterocycles. The van der Waals surface area contributed by atoms with Crippen molar-refractivity contribution in [2.45, 2.75) is 18.4 Å². The van der Waals surface area contributed by atoms with E-state index in [1.54, 1.807) is 30.6 Å². The van der Waals surface area contributed by atoms with Gasteiger partial charge in [0.1, 0.15) is 4.90 Å². The minimum Gasteiger partial charge on any atom is -0.264 e. The summed E-state index contributed by atoms with van der Waals surface area (Å²) in [5.41, 5.74) is 1.80. The van der Waals surface area contributed by atoms with Gasteiger partial charge in [0.15, 0.2) is 0 Å². The fraction of sp³-hybridized carbons (Fsp3) is 0.154. The molecule has 0 atom stereocenters. The van der Waals surface area contributed by atoms with Crippen LogP contribution in [-0.4, -0.2) is 13.4 Å². The van der Waals surface area contributed by atoms with Crippen LogP contribution in [0, 0.1) is 6.92 Å².